The molecule has 4 atom stereocenters. The van der Waals surface area contributed by atoms with Crippen LogP contribution in [-0.2, 0) is 51.6 Å². The van der Waals surface area contributed by atoms with Gasteiger partial charge in [-0.1, -0.05) is 134 Å². The average Bonchev–Trinajstić information content (AvgIpc) is 3.15. The van der Waals surface area contributed by atoms with E-state index >= 15 is 0 Å². The first-order valence-corrected chi connectivity index (χ1v) is 18.0. The van der Waals surface area contributed by atoms with Crippen LogP contribution in [0.3, 0.4) is 0 Å². The molecule has 0 radical (unpaired) electrons. The van der Waals surface area contributed by atoms with Crippen molar-refractivity contribution in [1.29, 1.82) is 0 Å². The van der Waals surface area contributed by atoms with Crippen LogP contribution in [0.1, 0.15) is 58.4 Å². The van der Waals surface area contributed by atoms with Gasteiger partial charge in [0.15, 0.2) is 0 Å². The van der Waals surface area contributed by atoms with Crippen LogP contribution < -0.4 is 0 Å². The van der Waals surface area contributed by atoms with E-state index in [4.69, 9.17) is 30.5 Å². The Morgan fingerprint density at radius 2 is 1.29 bits per heavy atom. The van der Waals surface area contributed by atoms with E-state index in [2.05, 4.69) is 71.4 Å². The Hall–Kier alpha value is -3.49. The third-order valence-electron chi connectivity index (χ3n) is 8.96. The van der Waals surface area contributed by atoms with E-state index in [0.29, 0.717) is 48.8 Å². The first kappa shape index (κ1) is 35.3. The molecule has 0 aliphatic carbocycles. The Morgan fingerprint density at radius 3 is 1.88 bits per heavy atom. The van der Waals surface area contributed by atoms with Crippen molar-refractivity contribution in [3.63, 3.8) is 0 Å². The molecule has 3 unspecified atom stereocenters. The molecule has 1 aliphatic rings. The van der Waals surface area contributed by atoms with Crippen LogP contribution >= 0.6 is 27.5 Å². The fourth-order valence-electron chi connectivity index (χ4n) is 6.23. The van der Waals surface area contributed by atoms with E-state index in [9.17, 15) is 5.11 Å². The van der Waals surface area contributed by atoms with Crippen molar-refractivity contribution in [2.45, 2.75) is 70.4 Å². The van der Waals surface area contributed by atoms with Gasteiger partial charge in [-0.25, -0.2) is 0 Å². The number of halogens is 2. The van der Waals surface area contributed by atoms with Crippen LogP contribution in [0.25, 0.3) is 0 Å². The third kappa shape index (κ3) is 9.40. The van der Waals surface area contributed by atoms with Crippen LogP contribution in [0.4, 0.5) is 0 Å². The molecule has 1 aliphatic heterocycles. The number of ether oxygens (including phenoxy) is 4. The summed E-state index contributed by atoms with van der Waals surface area (Å²) in [5, 5.41) is 11.6. The summed E-state index contributed by atoms with van der Waals surface area (Å²) in [7, 11) is 0. The molecule has 1 saturated heterocycles. The van der Waals surface area contributed by atoms with Crippen LogP contribution in [0.15, 0.2) is 126 Å². The summed E-state index contributed by atoms with van der Waals surface area (Å²) in [4.78, 5) is 0. The standard InChI is InChI=1S/C42H42BrClO5/c1-2-29-18-20-30(21-19-29)22-34-23-35(39(43)41(45)40(34)44)36-24-37(47-26-32-14-8-4-9-15-32)42(48-27-33-16-10-5-11-17-33)38(49-36)28-46-25-31-12-6-3-7-13-31/h3-21,23,36-38,42,45H,2,22,24-28H2,1H3/t36?,37?,38?,42-/m0/s1. The number of hydrogen-bond donors (Lipinski definition) is 1. The quantitative estimate of drug-likeness (QED) is 0.123. The van der Waals surface area contributed by atoms with Gasteiger partial charge in [-0.15, -0.1) is 0 Å². The zero-order valence-electron chi connectivity index (χ0n) is 27.6. The summed E-state index contributed by atoms with van der Waals surface area (Å²) in [5.41, 5.74) is 7.24. The molecule has 5 nitrogen and oxygen atoms in total. The number of benzene rings is 5. The minimum atomic E-state index is -0.457. The molecule has 5 aromatic carbocycles. The molecule has 1 fully saturated rings. The molecule has 0 saturated carbocycles. The fourth-order valence-corrected chi connectivity index (χ4v) is 7.13. The topological polar surface area (TPSA) is 57.2 Å². The van der Waals surface area contributed by atoms with Gasteiger partial charge in [0.25, 0.3) is 0 Å². The van der Waals surface area contributed by atoms with Gasteiger partial charge in [0.2, 0.25) is 0 Å². The predicted octanol–water partition coefficient (Wildman–Crippen LogP) is 10.2. The van der Waals surface area contributed by atoms with Crippen molar-refractivity contribution in [2.24, 2.45) is 0 Å². The number of phenols is 1. The molecular weight excluding hydrogens is 700 g/mol. The van der Waals surface area contributed by atoms with Gasteiger partial charge in [-0.3, -0.25) is 0 Å². The lowest BCUT2D eigenvalue weighted by atomic mass is 9.91. The van der Waals surface area contributed by atoms with E-state index < -0.39 is 18.3 Å². The van der Waals surface area contributed by atoms with Crippen molar-refractivity contribution in [2.75, 3.05) is 6.61 Å². The number of aryl methyl sites for hydroxylation is 1. The minimum Gasteiger partial charge on any atom is -0.505 e. The van der Waals surface area contributed by atoms with Crippen molar-refractivity contribution in [3.05, 3.63) is 170 Å². The van der Waals surface area contributed by atoms with Crippen LogP contribution in [0.2, 0.25) is 5.02 Å². The smallest absolute Gasteiger partial charge is 0.149 e. The molecule has 49 heavy (non-hydrogen) atoms. The van der Waals surface area contributed by atoms with E-state index in [1.165, 1.54) is 5.56 Å². The van der Waals surface area contributed by atoms with Crippen LogP contribution in [-0.4, -0.2) is 30.0 Å². The van der Waals surface area contributed by atoms with Crippen molar-refractivity contribution < 1.29 is 24.1 Å². The first-order chi connectivity index (χ1) is 24.0. The Bertz CT molecular complexity index is 1750. The average molecular weight is 742 g/mol. The molecule has 0 amide bonds. The number of phenolic OH excluding ortho intramolecular Hbond substituents is 1. The summed E-state index contributed by atoms with van der Waals surface area (Å²) >= 11 is 10.4. The van der Waals surface area contributed by atoms with Crippen LogP contribution in [0.5, 0.6) is 5.75 Å². The fraction of sp³-hybridized carbons (Fsp3) is 0.286. The number of aromatic hydroxyl groups is 1. The molecule has 0 aromatic heterocycles. The monoisotopic (exact) mass is 740 g/mol. The second-order valence-electron chi connectivity index (χ2n) is 12.4. The highest BCUT2D eigenvalue weighted by Gasteiger charge is 2.42. The maximum atomic E-state index is 11.3. The van der Waals surface area contributed by atoms with Gasteiger partial charge in [0.1, 0.15) is 18.0 Å². The maximum Gasteiger partial charge on any atom is 0.149 e. The van der Waals surface area contributed by atoms with E-state index in [0.717, 1.165) is 39.8 Å². The van der Waals surface area contributed by atoms with E-state index in [1.54, 1.807) is 0 Å². The molecule has 7 heteroatoms. The Morgan fingerprint density at radius 1 is 0.735 bits per heavy atom. The Balaban J connectivity index is 1.31. The lowest BCUT2D eigenvalue weighted by Gasteiger charge is -2.42. The van der Waals surface area contributed by atoms with Gasteiger partial charge in [-0.05, 0) is 73.8 Å². The third-order valence-corrected chi connectivity index (χ3v) is 10.2. The second-order valence-corrected chi connectivity index (χ2v) is 13.6. The Kier molecular flexibility index (Phi) is 12.6. The molecule has 1 heterocycles. The van der Waals surface area contributed by atoms with Crippen molar-refractivity contribution in [1.82, 2.24) is 0 Å². The molecule has 1 N–H and O–H groups in total. The van der Waals surface area contributed by atoms with Crippen LogP contribution in [0, 0.1) is 0 Å². The second kappa shape index (κ2) is 17.4. The van der Waals surface area contributed by atoms with E-state index in [1.807, 2.05) is 72.8 Å². The first-order valence-electron chi connectivity index (χ1n) is 16.8. The minimum absolute atomic E-state index is 0.00373. The summed E-state index contributed by atoms with van der Waals surface area (Å²) in [6, 6.07) is 40.9. The van der Waals surface area contributed by atoms with Crippen molar-refractivity contribution in [3.8, 4) is 5.75 Å². The SMILES string of the molecule is CCc1ccc(Cc2cc(C3CC(OCc4ccccc4)[C@H](OCc4ccccc4)C(COCc4ccccc4)O3)c(Br)c(O)c2Cl)cc1. The molecule has 0 spiro atoms. The van der Waals surface area contributed by atoms with Gasteiger partial charge >= 0.3 is 0 Å². The molecule has 254 valence electrons. The molecule has 0 bridgehead atoms. The largest absolute Gasteiger partial charge is 0.505 e. The summed E-state index contributed by atoms with van der Waals surface area (Å²) in [6.07, 6.45) is 0.427. The highest BCUT2D eigenvalue weighted by molar-refractivity contribution is 9.10. The van der Waals surface area contributed by atoms with Gasteiger partial charge in [-0.2, -0.15) is 0 Å². The van der Waals surface area contributed by atoms with E-state index in [-0.39, 0.29) is 11.9 Å². The number of hydrogen-bond acceptors (Lipinski definition) is 5. The Labute approximate surface area is 302 Å². The molecule has 6 rings (SSSR count). The predicted molar refractivity (Wildman–Crippen MR) is 198 cm³/mol. The highest BCUT2D eigenvalue weighted by atomic mass is 79.9. The number of rotatable bonds is 14. The van der Waals surface area contributed by atoms with Gasteiger partial charge in [0, 0.05) is 6.42 Å². The lowest BCUT2D eigenvalue weighted by Crippen LogP contribution is -2.50. The summed E-state index contributed by atoms with van der Waals surface area (Å²) in [6.45, 7) is 3.71. The van der Waals surface area contributed by atoms with Gasteiger partial charge < -0.3 is 24.1 Å². The summed E-state index contributed by atoms with van der Waals surface area (Å²) in [5.74, 6) is 0.00373. The lowest BCUT2D eigenvalue weighted by molar-refractivity contribution is -0.222. The zero-order chi connectivity index (χ0) is 34.0. The van der Waals surface area contributed by atoms with Crippen molar-refractivity contribution >= 4 is 27.5 Å². The zero-order valence-corrected chi connectivity index (χ0v) is 30.0. The molecular formula is C42H42BrClO5. The van der Waals surface area contributed by atoms with Gasteiger partial charge in [0.05, 0.1) is 48.1 Å². The summed E-state index contributed by atoms with van der Waals surface area (Å²) < 4.78 is 27.0. The highest BCUT2D eigenvalue weighted by Crippen LogP contribution is 2.45. The molecule has 5 aromatic rings. The maximum absolute atomic E-state index is 11.3. The normalized spacial score (nSPS) is 19.2.